The number of amides is 1. The minimum Gasteiger partial charge on any atom is -0.487 e. The van der Waals surface area contributed by atoms with Gasteiger partial charge in [-0.05, 0) is 41.3 Å². The van der Waals surface area contributed by atoms with Crippen molar-refractivity contribution in [1.82, 2.24) is 10.3 Å². The number of hydrogen-bond donors (Lipinski definition) is 1. The molecule has 1 aromatic carbocycles. The molecule has 0 spiro atoms. The van der Waals surface area contributed by atoms with E-state index in [1.807, 2.05) is 36.1 Å². The van der Waals surface area contributed by atoms with E-state index in [1.54, 1.807) is 0 Å². The summed E-state index contributed by atoms with van der Waals surface area (Å²) < 4.78 is 26.5. The summed E-state index contributed by atoms with van der Waals surface area (Å²) in [6.07, 6.45) is -0.274. The molecule has 6 nitrogen and oxygen atoms in total. The molecule has 152 valence electrons. The number of rotatable bonds is 4. The van der Waals surface area contributed by atoms with E-state index in [9.17, 15) is 4.79 Å². The van der Waals surface area contributed by atoms with Crippen LogP contribution in [0.2, 0.25) is 0 Å². The first-order valence-electron chi connectivity index (χ1n) is 10.2. The lowest BCUT2D eigenvalue weighted by molar-refractivity contribution is 0.0817. The van der Waals surface area contributed by atoms with Crippen LogP contribution >= 0.6 is 0 Å². The molecule has 0 bridgehead atoms. The number of aryl methyl sites for hydroxylation is 1. The summed E-state index contributed by atoms with van der Waals surface area (Å²) in [5.41, 5.74) is 4.66. The van der Waals surface area contributed by atoms with E-state index >= 15 is 4.39 Å². The lowest BCUT2D eigenvalue weighted by atomic mass is 10.0. The molecule has 2 atom stereocenters. The molecule has 0 radical (unpaired) electrons. The van der Waals surface area contributed by atoms with Gasteiger partial charge in [-0.3, -0.25) is 4.79 Å². The number of alkyl halides is 1. The van der Waals surface area contributed by atoms with Crippen LogP contribution in [0.1, 0.15) is 46.1 Å². The van der Waals surface area contributed by atoms with Crippen LogP contribution in [0.5, 0.6) is 5.75 Å². The zero-order chi connectivity index (χ0) is 20.0. The number of pyridine rings is 1. The fraction of sp³-hybridized carbons (Fsp3) is 0.455. The van der Waals surface area contributed by atoms with Crippen LogP contribution < -0.4 is 15.0 Å². The molecule has 1 amide bonds. The molecule has 0 aliphatic carbocycles. The first kappa shape index (κ1) is 18.4. The summed E-state index contributed by atoms with van der Waals surface area (Å²) in [6.45, 7) is 4.59. The predicted molar refractivity (Wildman–Crippen MR) is 106 cm³/mol. The zero-order valence-corrected chi connectivity index (χ0v) is 16.4. The second-order valence-corrected chi connectivity index (χ2v) is 7.83. The van der Waals surface area contributed by atoms with E-state index in [0.717, 1.165) is 29.1 Å². The molecule has 2 aromatic rings. The summed E-state index contributed by atoms with van der Waals surface area (Å²) in [5.74, 6) is 1.41. The number of carbonyl (C=O) groups excluding carboxylic acids is 1. The summed E-state index contributed by atoms with van der Waals surface area (Å²) in [7, 11) is 0. The van der Waals surface area contributed by atoms with Crippen molar-refractivity contribution in [1.29, 1.82) is 0 Å². The molecule has 1 unspecified atom stereocenters. The first-order valence-corrected chi connectivity index (χ1v) is 10.2. The van der Waals surface area contributed by atoms with Crippen molar-refractivity contribution in [2.75, 3.05) is 18.0 Å². The summed E-state index contributed by atoms with van der Waals surface area (Å²) in [6, 6.07) is 7.76. The SMILES string of the molecule is CCc1cc2c(nc1N1CCC(Oc3ccc4c(c3)COC4)[C@H](F)C1)CNC2=O. The van der Waals surface area contributed by atoms with Gasteiger partial charge in [0, 0.05) is 13.0 Å². The van der Waals surface area contributed by atoms with Gasteiger partial charge in [0.2, 0.25) is 0 Å². The summed E-state index contributed by atoms with van der Waals surface area (Å²) in [5, 5.41) is 2.80. The minimum absolute atomic E-state index is 0.0797. The highest BCUT2D eigenvalue weighted by Gasteiger charge is 2.33. The molecule has 1 aromatic heterocycles. The largest absolute Gasteiger partial charge is 0.487 e. The number of ether oxygens (including phenoxy) is 2. The molecule has 3 aliphatic rings. The average molecular weight is 397 g/mol. The fourth-order valence-corrected chi connectivity index (χ4v) is 4.31. The van der Waals surface area contributed by atoms with E-state index in [1.165, 1.54) is 5.56 Å². The quantitative estimate of drug-likeness (QED) is 0.860. The second-order valence-electron chi connectivity index (χ2n) is 7.83. The van der Waals surface area contributed by atoms with Gasteiger partial charge in [0.15, 0.2) is 6.17 Å². The van der Waals surface area contributed by atoms with Gasteiger partial charge in [0.1, 0.15) is 17.7 Å². The molecule has 3 aliphatic heterocycles. The number of anilines is 1. The van der Waals surface area contributed by atoms with E-state index in [-0.39, 0.29) is 12.5 Å². The van der Waals surface area contributed by atoms with E-state index in [4.69, 9.17) is 14.5 Å². The van der Waals surface area contributed by atoms with Gasteiger partial charge >= 0.3 is 0 Å². The van der Waals surface area contributed by atoms with Crippen molar-refractivity contribution in [3.8, 4) is 5.75 Å². The van der Waals surface area contributed by atoms with Crippen molar-refractivity contribution >= 4 is 11.7 Å². The highest BCUT2D eigenvalue weighted by Crippen LogP contribution is 2.30. The van der Waals surface area contributed by atoms with Crippen molar-refractivity contribution in [2.45, 2.75) is 51.8 Å². The third-order valence-corrected chi connectivity index (χ3v) is 5.96. The Hall–Kier alpha value is -2.67. The Morgan fingerprint density at radius 2 is 2.17 bits per heavy atom. The van der Waals surface area contributed by atoms with E-state index in [2.05, 4.69) is 5.32 Å². The molecular weight excluding hydrogens is 373 g/mol. The third kappa shape index (κ3) is 3.33. The molecular formula is C22H24FN3O3. The van der Waals surface area contributed by atoms with Crippen LogP contribution in [0.15, 0.2) is 24.3 Å². The molecule has 5 rings (SSSR count). The van der Waals surface area contributed by atoms with Gasteiger partial charge in [-0.25, -0.2) is 9.37 Å². The lowest BCUT2D eigenvalue weighted by Gasteiger charge is -2.36. The first-order chi connectivity index (χ1) is 14.1. The number of nitrogens with one attached hydrogen (secondary N) is 1. The second kappa shape index (κ2) is 7.30. The van der Waals surface area contributed by atoms with Gasteiger partial charge in [0.25, 0.3) is 5.91 Å². The number of carbonyl (C=O) groups is 1. The summed E-state index contributed by atoms with van der Waals surface area (Å²) in [4.78, 5) is 18.6. The van der Waals surface area contributed by atoms with Gasteiger partial charge in [0.05, 0.1) is 37.6 Å². The highest BCUT2D eigenvalue weighted by atomic mass is 19.1. The highest BCUT2D eigenvalue weighted by molar-refractivity contribution is 5.98. The molecule has 29 heavy (non-hydrogen) atoms. The van der Waals surface area contributed by atoms with Gasteiger partial charge in [-0.1, -0.05) is 13.0 Å². The molecule has 0 saturated carbocycles. The van der Waals surface area contributed by atoms with E-state index in [0.29, 0.717) is 44.0 Å². The Morgan fingerprint density at radius 1 is 1.31 bits per heavy atom. The number of halogens is 1. The zero-order valence-electron chi connectivity index (χ0n) is 16.4. The molecule has 1 N–H and O–H groups in total. The smallest absolute Gasteiger partial charge is 0.253 e. The summed E-state index contributed by atoms with van der Waals surface area (Å²) >= 11 is 0. The molecule has 1 saturated heterocycles. The third-order valence-electron chi connectivity index (χ3n) is 5.96. The topological polar surface area (TPSA) is 63.7 Å². The van der Waals surface area contributed by atoms with E-state index < -0.39 is 12.3 Å². The Bertz CT molecular complexity index is 965. The number of hydrogen-bond acceptors (Lipinski definition) is 5. The van der Waals surface area contributed by atoms with Crippen molar-refractivity contribution < 1.29 is 18.7 Å². The van der Waals surface area contributed by atoms with Crippen LogP contribution in [0.25, 0.3) is 0 Å². The minimum atomic E-state index is -1.12. The maximum atomic E-state index is 15.0. The van der Waals surface area contributed by atoms with Gasteiger partial charge in [-0.2, -0.15) is 0 Å². The Morgan fingerprint density at radius 3 is 3.00 bits per heavy atom. The lowest BCUT2D eigenvalue weighted by Crippen LogP contribution is -2.47. The normalized spacial score (nSPS) is 23.0. The van der Waals surface area contributed by atoms with Crippen LogP contribution in [0.4, 0.5) is 10.2 Å². The Balaban J connectivity index is 1.31. The predicted octanol–water partition coefficient (Wildman–Crippen LogP) is 2.91. The number of piperidine rings is 1. The fourth-order valence-electron chi connectivity index (χ4n) is 4.31. The van der Waals surface area contributed by atoms with Crippen molar-refractivity contribution in [3.05, 3.63) is 52.2 Å². The van der Waals surface area contributed by atoms with Crippen LogP contribution in [-0.2, 0) is 30.9 Å². The monoisotopic (exact) mass is 397 g/mol. The van der Waals surface area contributed by atoms with Crippen LogP contribution in [0.3, 0.4) is 0 Å². The molecule has 4 heterocycles. The molecule has 1 fully saturated rings. The van der Waals surface area contributed by atoms with Crippen LogP contribution in [0, 0.1) is 0 Å². The maximum Gasteiger partial charge on any atom is 0.253 e. The van der Waals surface area contributed by atoms with Gasteiger partial charge in [-0.15, -0.1) is 0 Å². The molecule has 7 heteroatoms. The number of fused-ring (bicyclic) bond motifs is 2. The van der Waals surface area contributed by atoms with Crippen LogP contribution in [-0.4, -0.2) is 36.3 Å². The average Bonchev–Trinajstić information content (AvgIpc) is 3.34. The number of aromatic nitrogens is 1. The maximum absolute atomic E-state index is 15.0. The van der Waals surface area contributed by atoms with Crippen molar-refractivity contribution in [2.24, 2.45) is 0 Å². The standard InChI is InChI=1S/C22H24FN3O3/c1-2-13-8-17-19(9-24-22(17)27)25-21(13)26-6-5-20(18(23)10-26)29-16-4-3-14-11-28-12-15(14)7-16/h3-4,7-8,18,20H,2,5-6,9-12H2,1H3,(H,24,27)/t18-,20?/m1/s1. The van der Waals surface area contributed by atoms with Gasteiger partial charge < -0.3 is 19.7 Å². The number of nitrogens with zero attached hydrogens (tertiary/aromatic N) is 2. The Labute approximate surface area is 169 Å². The Kier molecular flexibility index (Phi) is 4.62. The number of benzene rings is 1. The van der Waals surface area contributed by atoms with Crippen molar-refractivity contribution in [3.63, 3.8) is 0 Å².